The normalized spacial score (nSPS) is 10.2. The summed E-state index contributed by atoms with van der Waals surface area (Å²) in [6.45, 7) is 1.88. The molecule has 0 atom stereocenters. The van der Waals surface area contributed by atoms with E-state index in [0.29, 0.717) is 22.5 Å². The molecule has 1 aromatic heterocycles. The molecule has 104 valence electrons. The van der Waals surface area contributed by atoms with E-state index in [-0.39, 0.29) is 18.1 Å². The van der Waals surface area contributed by atoms with Crippen LogP contribution in [0, 0.1) is 17.0 Å². The summed E-state index contributed by atoms with van der Waals surface area (Å²) in [5.41, 5.74) is 7.16. The average molecular weight is 275 g/mol. The molecule has 2 rings (SSSR count). The number of nitrogens with one attached hydrogen (secondary N) is 2. The molecular formula is C12H13N5O3. The molecule has 20 heavy (non-hydrogen) atoms. The molecule has 0 saturated heterocycles. The Morgan fingerprint density at radius 3 is 2.85 bits per heavy atom. The first-order chi connectivity index (χ1) is 9.49. The van der Waals surface area contributed by atoms with E-state index >= 15 is 0 Å². The standard InChI is InChI=1S/C12H13N5O3/c1-7-4-9(17(19)20)2-3-10(7)12(18)14-5-8-6-15-16-11(8)13/h2-4,6H,5H2,1H3,(H,14,18)(H3,13,15,16). The molecule has 0 aliphatic rings. The fraction of sp³-hybridized carbons (Fsp3) is 0.167. The van der Waals surface area contributed by atoms with Crippen molar-refractivity contribution in [3.8, 4) is 0 Å². The molecule has 1 aromatic carbocycles. The number of rotatable bonds is 4. The van der Waals surface area contributed by atoms with Crippen LogP contribution in [0.1, 0.15) is 21.5 Å². The summed E-state index contributed by atoms with van der Waals surface area (Å²) in [6, 6.07) is 4.09. The van der Waals surface area contributed by atoms with E-state index in [1.165, 1.54) is 24.4 Å². The van der Waals surface area contributed by atoms with Crippen molar-refractivity contribution >= 4 is 17.4 Å². The quantitative estimate of drug-likeness (QED) is 0.569. The summed E-state index contributed by atoms with van der Waals surface area (Å²) in [5, 5.41) is 19.6. The van der Waals surface area contributed by atoms with Crippen LogP contribution in [0.15, 0.2) is 24.4 Å². The highest BCUT2D eigenvalue weighted by molar-refractivity contribution is 5.95. The molecule has 0 unspecified atom stereocenters. The third-order valence-corrected chi connectivity index (χ3v) is 2.86. The van der Waals surface area contributed by atoms with Gasteiger partial charge in [-0.2, -0.15) is 5.10 Å². The van der Waals surface area contributed by atoms with E-state index in [9.17, 15) is 14.9 Å². The summed E-state index contributed by atoms with van der Waals surface area (Å²) >= 11 is 0. The predicted molar refractivity (Wildman–Crippen MR) is 72.0 cm³/mol. The number of nitrogens with two attached hydrogens (primary N) is 1. The molecule has 0 aliphatic heterocycles. The maximum absolute atomic E-state index is 12.0. The number of amides is 1. The number of hydrogen-bond acceptors (Lipinski definition) is 5. The molecule has 0 radical (unpaired) electrons. The topological polar surface area (TPSA) is 127 Å². The van der Waals surface area contributed by atoms with Crippen molar-refractivity contribution < 1.29 is 9.72 Å². The highest BCUT2D eigenvalue weighted by atomic mass is 16.6. The van der Waals surface area contributed by atoms with E-state index in [2.05, 4.69) is 15.5 Å². The van der Waals surface area contributed by atoms with Crippen LogP contribution in [0.5, 0.6) is 0 Å². The van der Waals surface area contributed by atoms with Gasteiger partial charge in [0.1, 0.15) is 5.82 Å². The first kappa shape index (κ1) is 13.5. The van der Waals surface area contributed by atoms with Gasteiger partial charge in [0, 0.05) is 29.8 Å². The van der Waals surface area contributed by atoms with Crippen molar-refractivity contribution in [2.45, 2.75) is 13.5 Å². The third kappa shape index (κ3) is 2.74. The van der Waals surface area contributed by atoms with E-state index in [0.717, 1.165) is 0 Å². The van der Waals surface area contributed by atoms with Gasteiger partial charge in [0.15, 0.2) is 0 Å². The second-order valence-electron chi connectivity index (χ2n) is 4.25. The molecule has 1 heterocycles. The van der Waals surface area contributed by atoms with E-state index in [1.54, 1.807) is 6.92 Å². The first-order valence-electron chi connectivity index (χ1n) is 5.80. The van der Waals surface area contributed by atoms with Crippen molar-refractivity contribution in [2.75, 3.05) is 5.73 Å². The zero-order chi connectivity index (χ0) is 14.7. The van der Waals surface area contributed by atoms with Gasteiger partial charge in [0.25, 0.3) is 11.6 Å². The molecule has 8 nitrogen and oxygen atoms in total. The van der Waals surface area contributed by atoms with Crippen LogP contribution in [0.2, 0.25) is 0 Å². The van der Waals surface area contributed by atoms with Gasteiger partial charge < -0.3 is 11.1 Å². The monoisotopic (exact) mass is 275 g/mol. The number of non-ortho nitro benzene ring substituents is 1. The SMILES string of the molecule is Cc1cc([N+](=O)[O-])ccc1C(=O)NCc1cn[nH]c1N. The number of aryl methyl sites for hydroxylation is 1. The Morgan fingerprint density at radius 1 is 1.55 bits per heavy atom. The Labute approximate surface area is 114 Å². The van der Waals surface area contributed by atoms with Crippen LogP contribution in [-0.4, -0.2) is 21.0 Å². The Balaban J connectivity index is 2.10. The number of carbonyl (C=O) groups excluding carboxylic acids is 1. The van der Waals surface area contributed by atoms with Gasteiger partial charge in [0.2, 0.25) is 0 Å². The molecule has 8 heteroatoms. The largest absolute Gasteiger partial charge is 0.384 e. The number of nitro benzene ring substituents is 1. The number of H-pyrrole nitrogens is 1. The Bertz CT molecular complexity index is 665. The van der Waals surface area contributed by atoms with Crippen molar-refractivity contribution in [1.82, 2.24) is 15.5 Å². The van der Waals surface area contributed by atoms with Crippen LogP contribution in [0.3, 0.4) is 0 Å². The molecule has 0 aliphatic carbocycles. The molecule has 0 fully saturated rings. The number of benzene rings is 1. The van der Waals surface area contributed by atoms with E-state index < -0.39 is 4.92 Å². The number of nitrogen functional groups attached to an aromatic ring is 1. The lowest BCUT2D eigenvalue weighted by Gasteiger charge is -2.07. The number of aromatic nitrogens is 2. The van der Waals surface area contributed by atoms with Crippen molar-refractivity contribution in [3.63, 3.8) is 0 Å². The zero-order valence-corrected chi connectivity index (χ0v) is 10.7. The average Bonchev–Trinajstić information content (AvgIpc) is 2.81. The first-order valence-corrected chi connectivity index (χ1v) is 5.80. The fourth-order valence-electron chi connectivity index (χ4n) is 1.75. The molecule has 0 bridgehead atoms. The van der Waals surface area contributed by atoms with E-state index in [1.807, 2.05) is 0 Å². The van der Waals surface area contributed by atoms with Gasteiger partial charge >= 0.3 is 0 Å². The number of aromatic amines is 1. The molecule has 0 saturated carbocycles. The van der Waals surface area contributed by atoms with Gasteiger partial charge in [-0.25, -0.2) is 0 Å². The Kier molecular flexibility index (Phi) is 3.65. The molecular weight excluding hydrogens is 262 g/mol. The highest BCUT2D eigenvalue weighted by Crippen LogP contribution is 2.17. The van der Waals surface area contributed by atoms with Crippen LogP contribution >= 0.6 is 0 Å². The Hall–Kier alpha value is -2.90. The number of nitrogens with zero attached hydrogens (tertiary/aromatic N) is 2. The van der Waals surface area contributed by atoms with Crippen LogP contribution in [0.4, 0.5) is 11.5 Å². The third-order valence-electron chi connectivity index (χ3n) is 2.86. The number of carbonyl (C=O) groups is 1. The second-order valence-corrected chi connectivity index (χ2v) is 4.25. The van der Waals surface area contributed by atoms with Crippen LogP contribution in [-0.2, 0) is 6.54 Å². The molecule has 2 aromatic rings. The zero-order valence-electron chi connectivity index (χ0n) is 10.7. The van der Waals surface area contributed by atoms with Gasteiger partial charge in [-0.15, -0.1) is 0 Å². The highest BCUT2D eigenvalue weighted by Gasteiger charge is 2.13. The molecule has 0 spiro atoms. The lowest BCUT2D eigenvalue weighted by molar-refractivity contribution is -0.384. The minimum atomic E-state index is -0.499. The number of anilines is 1. The smallest absolute Gasteiger partial charge is 0.269 e. The fourth-order valence-corrected chi connectivity index (χ4v) is 1.75. The summed E-state index contributed by atoms with van der Waals surface area (Å²) in [6.07, 6.45) is 1.53. The van der Waals surface area contributed by atoms with Crippen molar-refractivity contribution in [1.29, 1.82) is 0 Å². The lowest BCUT2D eigenvalue weighted by atomic mass is 10.1. The maximum Gasteiger partial charge on any atom is 0.269 e. The summed E-state index contributed by atoms with van der Waals surface area (Å²) < 4.78 is 0. The lowest BCUT2D eigenvalue weighted by Crippen LogP contribution is -2.23. The second kappa shape index (κ2) is 5.39. The van der Waals surface area contributed by atoms with Crippen LogP contribution < -0.4 is 11.1 Å². The van der Waals surface area contributed by atoms with Gasteiger partial charge in [-0.1, -0.05) is 0 Å². The summed E-state index contributed by atoms with van der Waals surface area (Å²) in [4.78, 5) is 22.1. The van der Waals surface area contributed by atoms with E-state index in [4.69, 9.17) is 5.73 Å². The maximum atomic E-state index is 12.0. The van der Waals surface area contributed by atoms with Crippen LogP contribution in [0.25, 0.3) is 0 Å². The minimum Gasteiger partial charge on any atom is -0.384 e. The van der Waals surface area contributed by atoms with Crippen molar-refractivity contribution in [2.24, 2.45) is 0 Å². The number of hydrogen-bond donors (Lipinski definition) is 3. The summed E-state index contributed by atoms with van der Waals surface area (Å²) in [7, 11) is 0. The summed E-state index contributed by atoms with van der Waals surface area (Å²) in [5.74, 6) is 0.0729. The predicted octanol–water partition coefficient (Wildman–Crippen LogP) is 1.14. The molecule has 4 N–H and O–H groups in total. The van der Waals surface area contributed by atoms with Gasteiger partial charge in [-0.05, 0) is 18.6 Å². The Morgan fingerprint density at radius 2 is 2.30 bits per heavy atom. The van der Waals surface area contributed by atoms with Gasteiger partial charge in [-0.3, -0.25) is 20.0 Å². The number of nitro groups is 1. The minimum absolute atomic E-state index is 0.0434. The van der Waals surface area contributed by atoms with Gasteiger partial charge in [0.05, 0.1) is 11.1 Å². The van der Waals surface area contributed by atoms with Crippen molar-refractivity contribution in [3.05, 3.63) is 51.2 Å². The molecule has 1 amide bonds.